The monoisotopic (exact) mass is 250 g/mol. The van der Waals surface area contributed by atoms with Gasteiger partial charge in [-0.2, -0.15) is 5.10 Å². The summed E-state index contributed by atoms with van der Waals surface area (Å²) in [5.74, 6) is 0.690. The summed E-state index contributed by atoms with van der Waals surface area (Å²) in [4.78, 5) is 2.63. The average Bonchev–Trinajstić information content (AvgIpc) is 2.75. The summed E-state index contributed by atoms with van der Waals surface area (Å²) in [7, 11) is 4.05. The van der Waals surface area contributed by atoms with Crippen molar-refractivity contribution in [1.29, 1.82) is 0 Å². The van der Waals surface area contributed by atoms with Crippen molar-refractivity contribution < 1.29 is 0 Å². The second-order valence-corrected chi connectivity index (χ2v) is 5.68. The van der Waals surface area contributed by atoms with Gasteiger partial charge in [0.25, 0.3) is 0 Å². The molecule has 1 aliphatic heterocycles. The Balaban J connectivity index is 2.26. The van der Waals surface area contributed by atoms with Gasteiger partial charge in [0.1, 0.15) is 0 Å². The van der Waals surface area contributed by atoms with Crippen LogP contribution in [0.25, 0.3) is 0 Å². The normalized spacial score (nSPS) is 25.8. The van der Waals surface area contributed by atoms with Gasteiger partial charge in [0.2, 0.25) is 0 Å². The Morgan fingerprint density at radius 2 is 2.28 bits per heavy atom. The van der Waals surface area contributed by atoms with Gasteiger partial charge in [-0.05, 0) is 52.7 Å². The quantitative estimate of drug-likeness (QED) is 0.884. The van der Waals surface area contributed by atoms with Crippen molar-refractivity contribution in [3.8, 4) is 0 Å². The fourth-order valence-corrected chi connectivity index (χ4v) is 3.22. The van der Waals surface area contributed by atoms with E-state index in [-0.39, 0.29) is 0 Å². The van der Waals surface area contributed by atoms with Gasteiger partial charge in [-0.25, -0.2) is 0 Å². The molecule has 1 aromatic heterocycles. The second-order valence-electron chi connectivity index (χ2n) is 5.68. The lowest BCUT2D eigenvalue weighted by molar-refractivity contribution is 0.0635. The smallest absolute Gasteiger partial charge is 0.0537 e. The number of rotatable bonds is 4. The maximum Gasteiger partial charge on any atom is 0.0537 e. The number of piperidine rings is 1. The van der Waals surface area contributed by atoms with Crippen LogP contribution in [-0.2, 0) is 7.05 Å². The highest BCUT2D eigenvalue weighted by Gasteiger charge is 2.34. The minimum Gasteiger partial charge on any atom is -0.319 e. The average molecular weight is 250 g/mol. The zero-order chi connectivity index (χ0) is 13.1. The number of hydrogen-bond acceptors (Lipinski definition) is 3. The van der Waals surface area contributed by atoms with Crippen LogP contribution in [0.1, 0.15) is 38.3 Å². The molecular weight excluding hydrogens is 224 g/mol. The van der Waals surface area contributed by atoms with Gasteiger partial charge >= 0.3 is 0 Å². The third kappa shape index (κ3) is 2.75. The van der Waals surface area contributed by atoms with E-state index in [9.17, 15) is 0 Å². The molecule has 0 aromatic carbocycles. The molecule has 0 aliphatic carbocycles. The van der Waals surface area contributed by atoms with E-state index in [1.807, 2.05) is 17.9 Å². The fourth-order valence-electron chi connectivity index (χ4n) is 3.22. The topological polar surface area (TPSA) is 33.1 Å². The molecule has 2 heterocycles. The van der Waals surface area contributed by atoms with E-state index >= 15 is 0 Å². The molecule has 2 rings (SSSR count). The molecule has 102 valence electrons. The molecule has 0 bridgehead atoms. The Bertz CT molecular complexity index is 370. The van der Waals surface area contributed by atoms with Crippen LogP contribution in [0.3, 0.4) is 0 Å². The molecule has 1 aliphatic rings. The van der Waals surface area contributed by atoms with E-state index < -0.39 is 0 Å². The highest BCUT2D eigenvalue weighted by atomic mass is 15.3. The number of likely N-dealkylation sites (tertiary alicyclic amines) is 1. The van der Waals surface area contributed by atoms with Gasteiger partial charge in [0.15, 0.2) is 0 Å². The first kappa shape index (κ1) is 13.6. The van der Waals surface area contributed by atoms with Crippen LogP contribution in [-0.4, -0.2) is 40.9 Å². The predicted molar refractivity (Wildman–Crippen MR) is 74.4 cm³/mol. The molecule has 0 amide bonds. The first-order valence-corrected chi connectivity index (χ1v) is 7.02. The summed E-state index contributed by atoms with van der Waals surface area (Å²) in [5, 5.41) is 7.70. The van der Waals surface area contributed by atoms with Crippen LogP contribution >= 0.6 is 0 Å². The Labute approximate surface area is 110 Å². The van der Waals surface area contributed by atoms with Crippen molar-refractivity contribution in [2.24, 2.45) is 13.0 Å². The highest BCUT2D eigenvalue weighted by Crippen LogP contribution is 2.36. The summed E-state index contributed by atoms with van der Waals surface area (Å²) in [6.45, 7) is 6.89. The number of hydrogen-bond donors (Lipinski definition) is 1. The number of aromatic nitrogens is 2. The predicted octanol–water partition coefficient (Wildman–Crippen LogP) is 1.80. The summed E-state index contributed by atoms with van der Waals surface area (Å²) in [5.41, 5.74) is 1.37. The van der Waals surface area contributed by atoms with Crippen molar-refractivity contribution >= 4 is 0 Å². The highest BCUT2D eigenvalue weighted by molar-refractivity contribution is 5.14. The van der Waals surface area contributed by atoms with Gasteiger partial charge in [-0.1, -0.05) is 0 Å². The van der Waals surface area contributed by atoms with E-state index in [4.69, 9.17) is 0 Å². The Hall–Kier alpha value is -0.870. The molecule has 0 spiro atoms. The van der Waals surface area contributed by atoms with Crippen LogP contribution in [0.2, 0.25) is 0 Å². The van der Waals surface area contributed by atoms with E-state index in [1.54, 1.807) is 0 Å². The summed E-state index contributed by atoms with van der Waals surface area (Å²) < 4.78 is 1.92. The van der Waals surface area contributed by atoms with Gasteiger partial charge in [0.05, 0.1) is 6.20 Å². The Morgan fingerprint density at radius 3 is 2.83 bits per heavy atom. The maximum absolute atomic E-state index is 4.35. The molecule has 0 saturated carbocycles. The standard InChI is InChI=1S/C14H26N4/c1-11(2)18-7-5-6-12(8-15-3)14(18)13-9-16-17(4)10-13/h9-12,14-15H,5-8H2,1-4H3. The fraction of sp³-hybridized carbons (Fsp3) is 0.786. The second kappa shape index (κ2) is 5.85. The van der Waals surface area contributed by atoms with Gasteiger partial charge in [0, 0.05) is 30.9 Å². The third-order valence-electron chi connectivity index (χ3n) is 3.99. The molecule has 1 aromatic rings. The SMILES string of the molecule is CNCC1CCCN(C(C)C)C1c1cnn(C)c1. The van der Waals surface area contributed by atoms with E-state index in [2.05, 4.69) is 42.4 Å². The largest absolute Gasteiger partial charge is 0.319 e. The van der Waals surface area contributed by atoms with E-state index in [0.29, 0.717) is 18.0 Å². The zero-order valence-electron chi connectivity index (χ0n) is 12.1. The van der Waals surface area contributed by atoms with Crippen molar-refractivity contribution in [2.75, 3.05) is 20.1 Å². The van der Waals surface area contributed by atoms with Crippen LogP contribution < -0.4 is 5.32 Å². The lowest BCUT2D eigenvalue weighted by Crippen LogP contribution is -2.45. The van der Waals surface area contributed by atoms with Crippen LogP contribution in [0.5, 0.6) is 0 Å². The zero-order valence-corrected chi connectivity index (χ0v) is 12.1. The Morgan fingerprint density at radius 1 is 1.50 bits per heavy atom. The van der Waals surface area contributed by atoms with Gasteiger partial charge < -0.3 is 5.32 Å². The molecule has 2 atom stereocenters. The summed E-state index contributed by atoms with van der Waals surface area (Å²) >= 11 is 0. The van der Waals surface area contributed by atoms with Crippen molar-refractivity contribution in [3.63, 3.8) is 0 Å². The van der Waals surface area contributed by atoms with Crippen molar-refractivity contribution in [2.45, 2.75) is 38.8 Å². The molecule has 0 radical (unpaired) electrons. The van der Waals surface area contributed by atoms with Crippen molar-refractivity contribution in [3.05, 3.63) is 18.0 Å². The number of nitrogens with zero attached hydrogens (tertiary/aromatic N) is 3. The molecule has 2 unspecified atom stereocenters. The number of aryl methyl sites for hydroxylation is 1. The Kier molecular flexibility index (Phi) is 4.40. The van der Waals surface area contributed by atoms with Crippen LogP contribution in [0.15, 0.2) is 12.4 Å². The van der Waals surface area contributed by atoms with Crippen LogP contribution in [0.4, 0.5) is 0 Å². The van der Waals surface area contributed by atoms with E-state index in [1.165, 1.54) is 24.9 Å². The minimum atomic E-state index is 0.514. The molecule has 18 heavy (non-hydrogen) atoms. The molecule has 1 saturated heterocycles. The number of nitrogens with one attached hydrogen (secondary N) is 1. The van der Waals surface area contributed by atoms with E-state index in [0.717, 1.165) is 6.54 Å². The summed E-state index contributed by atoms with van der Waals surface area (Å²) in [6, 6.07) is 1.11. The lowest BCUT2D eigenvalue weighted by atomic mass is 9.85. The van der Waals surface area contributed by atoms with Gasteiger partial charge in [-0.3, -0.25) is 9.58 Å². The molecule has 1 N–H and O–H groups in total. The summed E-state index contributed by atoms with van der Waals surface area (Å²) in [6.07, 6.45) is 6.83. The molecule has 1 fully saturated rings. The van der Waals surface area contributed by atoms with Crippen LogP contribution in [0, 0.1) is 5.92 Å². The minimum absolute atomic E-state index is 0.514. The molecule has 4 heteroatoms. The van der Waals surface area contributed by atoms with Gasteiger partial charge in [-0.15, -0.1) is 0 Å². The first-order chi connectivity index (χ1) is 8.63. The molecule has 4 nitrogen and oxygen atoms in total. The first-order valence-electron chi connectivity index (χ1n) is 7.02. The molecular formula is C14H26N4. The maximum atomic E-state index is 4.35. The lowest BCUT2D eigenvalue weighted by Gasteiger charge is -2.43. The van der Waals surface area contributed by atoms with Crippen molar-refractivity contribution in [1.82, 2.24) is 20.0 Å². The third-order valence-corrected chi connectivity index (χ3v) is 3.99.